The summed E-state index contributed by atoms with van der Waals surface area (Å²) in [6, 6.07) is 13.9. The zero-order valence-electron chi connectivity index (χ0n) is 14.2. The van der Waals surface area contributed by atoms with Gasteiger partial charge in [0.05, 0.1) is 6.10 Å². The second-order valence-corrected chi connectivity index (χ2v) is 6.06. The van der Waals surface area contributed by atoms with E-state index in [1.165, 1.54) is 6.92 Å². The lowest BCUT2D eigenvalue weighted by molar-refractivity contribution is 0.0679. The van der Waals surface area contributed by atoms with Crippen LogP contribution in [-0.4, -0.2) is 31.0 Å². The predicted octanol–water partition coefficient (Wildman–Crippen LogP) is 3.70. The number of hydrogen-bond donors (Lipinski definition) is 1. The van der Waals surface area contributed by atoms with Crippen molar-refractivity contribution in [3.63, 3.8) is 0 Å². The van der Waals surface area contributed by atoms with Crippen molar-refractivity contribution in [2.45, 2.75) is 25.9 Å². The van der Waals surface area contributed by atoms with E-state index in [2.05, 4.69) is 5.32 Å². The summed E-state index contributed by atoms with van der Waals surface area (Å²) < 4.78 is 11.3. The van der Waals surface area contributed by atoms with Gasteiger partial charge >= 0.3 is 0 Å². The molecule has 0 aromatic heterocycles. The van der Waals surface area contributed by atoms with E-state index in [0.717, 1.165) is 19.4 Å². The van der Waals surface area contributed by atoms with Gasteiger partial charge in [-0.3, -0.25) is 9.59 Å². The number of benzene rings is 2. The van der Waals surface area contributed by atoms with E-state index in [1.807, 2.05) is 6.07 Å². The zero-order valence-corrected chi connectivity index (χ0v) is 14.2. The number of ether oxygens (including phenoxy) is 2. The molecule has 1 aliphatic rings. The van der Waals surface area contributed by atoms with Crippen LogP contribution < -0.4 is 10.1 Å². The highest BCUT2D eigenvalue weighted by molar-refractivity contribution is 6.05. The molecule has 0 spiro atoms. The second kappa shape index (κ2) is 7.94. The standard InChI is InChI=1S/C20H21NO4/c1-14(22)15-5-2-7-17(11-15)21-20(23)16-6-3-8-18(12-16)25-13-19-9-4-10-24-19/h2-3,5-8,11-12,19H,4,9-10,13H2,1H3,(H,21,23). The van der Waals surface area contributed by atoms with Gasteiger partial charge in [0.25, 0.3) is 5.91 Å². The number of carbonyl (C=O) groups is 2. The molecule has 1 heterocycles. The third kappa shape index (κ3) is 4.67. The second-order valence-electron chi connectivity index (χ2n) is 6.06. The summed E-state index contributed by atoms with van der Waals surface area (Å²) in [4.78, 5) is 23.9. The number of anilines is 1. The number of rotatable bonds is 6. The molecule has 1 fully saturated rings. The molecule has 1 atom stereocenters. The van der Waals surface area contributed by atoms with Crippen molar-refractivity contribution in [2.75, 3.05) is 18.5 Å². The van der Waals surface area contributed by atoms with Crippen LogP contribution >= 0.6 is 0 Å². The molecule has 25 heavy (non-hydrogen) atoms. The van der Waals surface area contributed by atoms with E-state index in [-0.39, 0.29) is 17.8 Å². The quantitative estimate of drug-likeness (QED) is 0.815. The van der Waals surface area contributed by atoms with E-state index in [1.54, 1.807) is 42.5 Å². The molecule has 1 N–H and O–H groups in total. The minimum atomic E-state index is -0.247. The molecule has 5 heteroatoms. The Balaban J connectivity index is 1.64. The topological polar surface area (TPSA) is 64.6 Å². The largest absolute Gasteiger partial charge is 0.491 e. The normalized spacial score (nSPS) is 16.4. The SMILES string of the molecule is CC(=O)c1cccc(NC(=O)c2cccc(OCC3CCCO3)c2)c1. The summed E-state index contributed by atoms with van der Waals surface area (Å²) in [6.07, 6.45) is 2.20. The summed E-state index contributed by atoms with van der Waals surface area (Å²) in [6.45, 7) is 2.78. The molecule has 2 aromatic rings. The molecule has 1 unspecified atom stereocenters. The summed E-state index contributed by atoms with van der Waals surface area (Å²) >= 11 is 0. The maximum absolute atomic E-state index is 12.4. The molecule has 0 bridgehead atoms. The van der Waals surface area contributed by atoms with E-state index in [0.29, 0.717) is 29.2 Å². The first-order valence-electron chi connectivity index (χ1n) is 8.38. The van der Waals surface area contributed by atoms with E-state index in [9.17, 15) is 9.59 Å². The van der Waals surface area contributed by atoms with Gasteiger partial charge in [-0.1, -0.05) is 18.2 Å². The third-order valence-corrected chi connectivity index (χ3v) is 4.08. The average Bonchev–Trinajstić information content (AvgIpc) is 3.14. The van der Waals surface area contributed by atoms with Crippen molar-refractivity contribution in [3.05, 3.63) is 59.7 Å². The molecule has 0 radical (unpaired) electrons. The van der Waals surface area contributed by atoms with E-state index < -0.39 is 0 Å². The molecule has 1 saturated heterocycles. The maximum Gasteiger partial charge on any atom is 0.255 e. The van der Waals surface area contributed by atoms with Crippen molar-refractivity contribution in [1.82, 2.24) is 0 Å². The summed E-state index contributed by atoms with van der Waals surface area (Å²) in [5.74, 6) is 0.351. The fraction of sp³-hybridized carbons (Fsp3) is 0.300. The number of hydrogen-bond acceptors (Lipinski definition) is 4. The number of ketones is 1. The van der Waals surface area contributed by atoms with Crippen molar-refractivity contribution in [3.8, 4) is 5.75 Å². The van der Waals surface area contributed by atoms with Gasteiger partial charge in [0.15, 0.2) is 5.78 Å². The molecule has 0 saturated carbocycles. The Labute approximate surface area is 147 Å². The van der Waals surface area contributed by atoms with Crippen LogP contribution in [0.25, 0.3) is 0 Å². The molecule has 1 amide bonds. The Morgan fingerprint density at radius 2 is 1.96 bits per heavy atom. The molecule has 0 aliphatic carbocycles. The van der Waals surface area contributed by atoms with Crippen molar-refractivity contribution in [2.24, 2.45) is 0 Å². The van der Waals surface area contributed by atoms with Gasteiger partial charge in [0.1, 0.15) is 12.4 Å². The maximum atomic E-state index is 12.4. The van der Waals surface area contributed by atoms with Crippen LogP contribution in [0.1, 0.15) is 40.5 Å². The minimum absolute atomic E-state index is 0.0411. The Morgan fingerprint density at radius 3 is 2.72 bits per heavy atom. The molecule has 2 aromatic carbocycles. The van der Waals surface area contributed by atoms with Crippen LogP contribution in [0.4, 0.5) is 5.69 Å². The average molecular weight is 339 g/mol. The van der Waals surface area contributed by atoms with Gasteiger partial charge in [-0.05, 0) is 50.1 Å². The minimum Gasteiger partial charge on any atom is -0.491 e. The molecule has 130 valence electrons. The van der Waals surface area contributed by atoms with E-state index >= 15 is 0 Å². The Bertz CT molecular complexity index is 766. The number of nitrogens with one attached hydrogen (secondary N) is 1. The van der Waals surface area contributed by atoms with Crippen LogP contribution in [0, 0.1) is 0 Å². The number of amides is 1. The summed E-state index contributed by atoms with van der Waals surface area (Å²) in [5, 5.41) is 2.81. The number of carbonyl (C=O) groups excluding carboxylic acids is 2. The molecule has 3 rings (SSSR count). The monoisotopic (exact) mass is 339 g/mol. The first kappa shape index (κ1) is 17.2. The van der Waals surface area contributed by atoms with Crippen LogP contribution in [0.15, 0.2) is 48.5 Å². The molecular weight excluding hydrogens is 318 g/mol. The molecule has 1 aliphatic heterocycles. The van der Waals surface area contributed by atoms with Gasteiger partial charge < -0.3 is 14.8 Å². The van der Waals surface area contributed by atoms with Crippen molar-refractivity contribution >= 4 is 17.4 Å². The highest BCUT2D eigenvalue weighted by Crippen LogP contribution is 2.19. The van der Waals surface area contributed by atoms with Gasteiger partial charge in [-0.2, -0.15) is 0 Å². The lowest BCUT2D eigenvalue weighted by Gasteiger charge is -2.12. The van der Waals surface area contributed by atoms with Crippen LogP contribution in [0.3, 0.4) is 0 Å². The fourth-order valence-corrected chi connectivity index (χ4v) is 2.71. The number of Topliss-reactive ketones (excluding diaryl/α,β-unsaturated/α-hetero) is 1. The Kier molecular flexibility index (Phi) is 5.46. The third-order valence-electron chi connectivity index (χ3n) is 4.08. The first-order chi connectivity index (χ1) is 12.1. The first-order valence-corrected chi connectivity index (χ1v) is 8.38. The Morgan fingerprint density at radius 1 is 1.16 bits per heavy atom. The highest BCUT2D eigenvalue weighted by atomic mass is 16.5. The predicted molar refractivity (Wildman–Crippen MR) is 95.3 cm³/mol. The van der Waals surface area contributed by atoms with Crippen molar-refractivity contribution in [1.29, 1.82) is 0 Å². The van der Waals surface area contributed by atoms with Crippen molar-refractivity contribution < 1.29 is 19.1 Å². The highest BCUT2D eigenvalue weighted by Gasteiger charge is 2.16. The van der Waals surface area contributed by atoms with Gasteiger partial charge in [0, 0.05) is 23.4 Å². The molecule has 5 nitrogen and oxygen atoms in total. The summed E-state index contributed by atoms with van der Waals surface area (Å²) in [5.41, 5.74) is 1.65. The Hall–Kier alpha value is -2.66. The fourth-order valence-electron chi connectivity index (χ4n) is 2.71. The van der Waals surface area contributed by atoms with Gasteiger partial charge in [-0.15, -0.1) is 0 Å². The summed E-state index contributed by atoms with van der Waals surface area (Å²) in [7, 11) is 0. The molecular formula is C20H21NO4. The zero-order chi connectivity index (χ0) is 17.6. The van der Waals surface area contributed by atoms with Gasteiger partial charge in [0.2, 0.25) is 0 Å². The lowest BCUT2D eigenvalue weighted by atomic mass is 10.1. The van der Waals surface area contributed by atoms with E-state index in [4.69, 9.17) is 9.47 Å². The van der Waals surface area contributed by atoms with Crippen LogP contribution in [-0.2, 0) is 4.74 Å². The lowest BCUT2D eigenvalue weighted by Crippen LogP contribution is -2.17. The van der Waals surface area contributed by atoms with Crippen LogP contribution in [0.5, 0.6) is 5.75 Å². The van der Waals surface area contributed by atoms with Gasteiger partial charge in [-0.25, -0.2) is 0 Å². The smallest absolute Gasteiger partial charge is 0.255 e. The van der Waals surface area contributed by atoms with Crippen LogP contribution in [0.2, 0.25) is 0 Å².